The minimum Gasteiger partial charge on any atom is -0.497 e. The van der Waals surface area contributed by atoms with Crippen LogP contribution in [0.25, 0.3) is 0 Å². The fraction of sp³-hybridized carbons (Fsp3) is 0.647. The molecule has 2 fully saturated rings. The number of aliphatic hydroxyl groups is 2. The first-order valence-electron chi connectivity index (χ1n) is 7.93. The van der Waals surface area contributed by atoms with Crippen molar-refractivity contribution in [3.8, 4) is 5.75 Å². The number of aliphatic hydroxyl groups excluding tert-OH is 2. The third kappa shape index (κ3) is 3.15. The molecule has 134 valence electrons. The molecule has 0 radical (unpaired) electrons. The van der Waals surface area contributed by atoms with Crippen molar-refractivity contribution < 1.29 is 33.9 Å². The minimum absolute atomic E-state index is 0.285. The lowest BCUT2D eigenvalue weighted by Crippen LogP contribution is -2.52. The Morgan fingerprint density at radius 2 is 1.71 bits per heavy atom. The van der Waals surface area contributed by atoms with Crippen molar-refractivity contribution in [1.29, 1.82) is 0 Å². The van der Waals surface area contributed by atoms with Crippen LogP contribution in [0, 0.1) is 0 Å². The number of ether oxygens (including phenoxy) is 5. The Kier molecular flexibility index (Phi) is 4.83. The quantitative estimate of drug-likeness (QED) is 0.792. The van der Waals surface area contributed by atoms with Gasteiger partial charge in [-0.1, -0.05) is 12.1 Å². The van der Waals surface area contributed by atoms with Gasteiger partial charge in [0.15, 0.2) is 12.1 Å². The van der Waals surface area contributed by atoms with Gasteiger partial charge < -0.3 is 33.9 Å². The molecule has 2 aliphatic heterocycles. The molecule has 0 amide bonds. The molecule has 2 aliphatic rings. The normalized spacial score (nSPS) is 30.3. The van der Waals surface area contributed by atoms with Gasteiger partial charge in [0.1, 0.15) is 23.6 Å². The Balaban J connectivity index is 1.74. The molecule has 3 rings (SSSR count). The fourth-order valence-corrected chi connectivity index (χ4v) is 3.11. The maximum atomic E-state index is 9.75. The molecule has 24 heavy (non-hydrogen) atoms. The van der Waals surface area contributed by atoms with Crippen LogP contribution < -0.4 is 4.74 Å². The Labute approximate surface area is 141 Å². The summed E-state index contributed by atoms with van der Waals surface area (Å²) in [6.07, 6.45) is -1.85. The molecule has 2 saturated heterocycles. The molecule has 0 saturated carbocycles. The van der Waals surface area contributed by atoms with E-state index in [2.05, 4.69) is 0 Å². The highest BCUT2D eigenvalue weighted by Gasteiger charge is 2.62. The van der Waals surface area contributed by atoms with Crippen LogP contribution in [0.3, 0.4) is 0 Å². The second-order valence-electron chi connectivity index (χ2n) is 6.55. The monoisotopic (exact) mass is 340 g/mol. The van der Waals surface area contributed by atoms with E-state index in [1.165, 1.54) is 0 Å². The second kappa shape index (κ2) is 6.59. The van der Waals surface area contributed by atoms with Gasteiger partial charge >= 0.3 is 0 Å². The average Bonchev–Trinajstić information content (AvgIpc) is 3.02. The lowest BCUT2D eigenvalue weighted by molar-refractivity contribution is -0.258. The standard InChI is InChI=1S/C17H24O7/c1-16(2)22-13-14(17(9-18,10-19)24-15(13)23-16)21-8-11-4-6-12(20-3)7-5-11/h4-7,13-15,18-19H,8-10H2,1-3H3/t13?,14-,15-/m1/s1. The van der Waals surface area contributed by atoms with Crippen LogP contribution in [-0.2, 0) is 25.6 Å². The molecule has 1 aromatic carbocycles. The van der Waals surface area contributed by atoms with E-state index in [1.54, 1.807) is 21.0 Å². The Morgan fingerprint density at radius 3 is 2.29 bits per heavy atom. The van der Waals surface area contributed by atoms with Crippen molar-refractivity contribution in [2.75, 3.05) is 20.3 Å². The minimum atomic E-state index is -1.25. The predicted molar refractivity (Wildman–Crippen MR) is 83.4 cm³/mol. The molecule has 0 bridgehead atoms. The lowest BCUT2D eigenvalue weighted by atomic mass is 9.97. The molecule has 0 aromatic heterocycles. The van der Waals surface area contributed by atoms with Crippen molar-refractivity contribution in [2.45, 2.75) is 50.3 Å². The molecule has 1 aromatic rings. The zero-order valence-corrected chi connectivity index (χ0v) is 14.1. The summed E-state index contributed by atoms with van der Waals surface area (Å²) >= 11 is 0. The molecule has 7 heteroatoms. The summed E-state index contributed by atoms with van der Waals surface area (Å²) in [7, 11) is 1.61. The molecule has 7 nitrogen and oxygen atoms in total. The first-order chi connectivity index (χ1) is 11.4. The smallest absolute Gasteiger partial charge is 0.190 e. The van der Waals surface area contributed by atoms with Gasteiger partial charge in [0, 0.05) is 0 Å². The Bertz CT molecular complexity index is 553. The van der Waals surface area contributed by atoms with Gasteiger partial charge in [0.05, 0.1) is 26.9 Å². The van der Waals surface area contributed by atoms with E-state index >= 15 is 0 Å². The topological polar surface area (TPSA) is 86.6 Å². The third-order valence-electron chi connectivity index (χ3n) is 4.38. The van der Waals surface area contributed by atoms with Crippen LogP contribution in [-0.4, -0.2) is 60.4 Å². The number of rotatable bonds is 6. The maximum Gasteiger partial charge on any atom is 0.190 e. The number of hydrogen-bond acceptors (Lipinski definition) is 7. The van der Waals surface area contributed by atoms with Crippen molar-refractivity contribution in [1.82, 2.24) is 0 Å². The molecule has 2 N–H and O–H groups in total. The first kappa shape index (κ1) is 17.6. The Hall–Kier alpha value is -1.22. The summed E-state index contributed by atoms with van der Waals surface area (Å²) in [5.74, 6) is -0.0361. The highest BCUT2D eigenvalue weighted by Crippen LogP contribution is 2.43. The van der Waals surface area contributed by atoms with Gasteiger partial charge in [-0.15, -0.1) is 0 Å². The van der Waals surface area contributed by atoms with Gasteiger partial charge in [-0.2, -0.15) is 0 Å². The largest absolute Gasteiger partial charge is 0.497 e. The average molecular weight is 340 g/mol. The van der Waals surface area contributed by atoms with E-state index in [4.69, 9.17) is 23.7 Å². The molecule has 0 aliphatic carbocycles. The summed E-state index contributed by atoms with van der Waals surface area (Å²) in [6.45, 7) is 3.07. The van der Waals surface area contributed by atoms with E-state index in [1.807, 2.05) is 24.3 Å². The summed E-state index contributed by atoms with van der Waals surface area (Å²) in [4.78, 5) is 0. The van der Waals surface area contributed by atoms with E-state index in [-0.39, 0.29) is 6.61 Å². The van der Waals surface area contributed by atoms with Crippen LogP contribution in [0.15, 0.2) is 24.3 Å². The Morgan fingerprint density at radius 1 is 1.04 bits per heavy atom. The van der Waals surface area contributed by atoms with Crippen molar-refractivity contribution in [3.05, 3.63) is 29.8 Å². The SMILES string of the molecule is COc1ccc(CO[C@@H]2C3OC(C)(C)O[C@@H]3OC2(CO)CO)cc1. The zero-order valence-electron chi connectivity index (χ0n) is 14.1. The van der Waals surface area contributed by atoms with Crippen LogP contribution in [0.4, 0.5) is 0 Å². The summed E-state index contributed by atoms with van der Waals surface area (Å²) < 4.78 is 28.4. The van der Waals surface area contributed by atoms with Crippen LogP contribution in [0.5, 0.6) is 5.75 Å². The van der Waals surface area contributed by atoms with Gasteiger partial charge in [0.2, 0.25) is 0 Å². The molecular weight excluding hydrogens is 316 g/mol. The predicted octanol–water partition coefficient (Wildman–Crippen LogP) is 0.812. The summed E-state index contributed by atoms with van der Waals surface area (Å²) in [5, 5.41) is 19.5. The number of benzene rings is 1. The molecule has 2 heterocycles. The summed E-state index contributed by atoms with van der Waals surface area (Å²) in [6, 6.07) is 7.47. The summed E-state index contributed by atoms with van der Waals surface area (Å²) in [5.41, 5.74) is -0.319. The first-order valence-corrected chi connectivity index (χ1v) is 7.93. The highest BCUT2D eigenvalue weighted by molar-refractivity contribution is 5.26. The number of hydrogen-bond donors (Lipinski definition) is 2. The highest BCUT2D eigenvalue weighted by atomic mass is 16.8. The number of fused-ring (bicyclic) bond motifs is 1. The van der Waals surface area contributed by atoms with Crippen molar-refractivity contribution in [2.24, 2.45) is 0 Å². The third-order valence-corrected chi connectivity index (χ3v) is 4.38. The zero-order chi connectivity index (χ0) is 17.4. The molecular formula is C17H24O7. The van der Waals surface area contributed by atoms with E-state index in [0.29, 0.717) is 0 Å². The van der Waals surface area contributed by atoms with Crippen LogP contribution in [0.2, 0.25) is 0 Å². The van der Waals surface area contributed by atoms with Crippen LogP contribution >= 0.6 is 0 Å². The number of methoxy groups -OCH3 is 1. The fourth-order valence-electron chi connectivity index (χ4n) is 3.11. The van der Waals surface area contributed by atoms with Gasteiger partial charge in [-0.3, -0.25) is 0 Å². The van der Waals surface area contributed by atoms with E-state index in [9.17, 15) is 10.2 Å². The van der Waals surface area contributed by atoms with Gasteiger partial charge in [-0.25, -0.2) is 0 Å². The van der Waals surface area contributed by atoms with E-state index in [0.717, 1.165) is 11.3 Å². The lowest BCUT2D eigenvalue weighted by Gasteiger charge is -2.33. The van der Waals surface area contributed by atoms with Gasteiger partial charge in [-0.05, 0) is 31.5 Å². The van der Waals surface area contributed by atoms with Crippen molar-refractivity contribution in [3.63, 3.8) is 0 Å². The van der Waals surface area contributed by atoms with E-state index < -0.39 is 43.1 Å². The van der Waals surface area contributed by atoms with Crippen LogP contribution in [0.1, 0.15) is 19.4 Å². The van der Waals surface area contributed by atoms with Crippen molar-refractivity contribution >= 4 is 0 Å². The molecule has 3 atom stereocenters. The second-order valence-corrected chi connectivity index (χ2v) is 6.55. The molecule has 1 unspecified atom stereocenters. The molecule has 0 spiro atoms. The maximum absolute atomic E-state index is 9.75. The van der Waals surface area contributed by atoms with Gasteiger partial charge in [0.25, 0.3) is 0 Å².